The lowest BCUT2D eigenvalue weighted by molar-refractivity contribution is 0.112. The Hall–Kier alpha value is -1.38. The first-order chi connectivity index (χ1) is 8.65. The smallest absolute Gasteiger partial charge is 0.155 e. The van der Waals surface area contributed by atoms with E-state index in [1.54, 1.807) is 6.07 Å². The molecule has 0 bridgehead atoms. The second kappa shape index (κ2) is 7.14. The summed E-state index contributed by atoms with van der Waals surface area (Å²) in [5, 5.41) is 0. The van der Waals surface area contributed by atoms with Gasteiger partial charge in [-0.25, -0.2) is 4.39 Å². The lowest BCUT2D eigenvalue weighted by Crippen LogP contribution is -2.34. The van der Waals surface area contributed by atoms with Gasteiger partial charge >= 0.3 is 0 Å². The number of hydrogen-bond donors (Lipinski definition) is 0. The van der Waals surface area contributed by atoms with E-state index in [4.69, 9.17) is 0 Å². The molecule has 1 aromatic carbocycles. The van der Waals surface area contributed by atoms with E-state index >= 15 is 0 Å². The molecular formula is C15H22FNO. The summed E-state index contributed by atoms with van der Waals surface area (Å²) < 4.78 is 13.6. The zero-order chi connectivity index (χ0) is 13.5. The average Bonchev–Trinajstić information content (AvgIpc) is 2.39. The first-order valence-electron chi connectivity index (χ1n) is 6.66. The van der Waals surface area contributed by atoms with Crippen molar-refractivity contribution < 1.29 is 9.18 Å². The molecule has 3 heteroatoms. The van der Waals surface area contributed by atoms with Crippen LogP contribution in [0.25, 0.3) is 0 Å². The molecule has 0 aliphatic carbocycles. The maximum atomic E-state index is 13.6. The third-order valence-electron chi connectivity index (χ3n) is 3.33. The van der Waals surface area contributed by atoms with E-state index in [0.717, 1.165) is 25.8 Å². The maximum absolute atomic E-state index is 13.6. The van der Waals surface area contributed by atoms with Gasteiger partial charge in [-0.15, -0.1) is 0 Å². The number of aldehydes is 1. The lowest BCUT2D eigenvalue weighted by Gasteiger charge is -2.31. The molecule has 1 unspecified atom stereocenters. The van der Waals surface area contributed by atoms with Crippen molar-refractivity contribution in [1.29, 1.82) is 0 Å². The first kappa shape index (κ1) is 14.7. The highest BCUT2D eigenvalue weighted by molar-refractivity contribution is 5.85. The normalized spacial score (nSPS) is 12.2. The Kier molecular flexibility index (Phi) is 5.83. The minimum absolute atomic E-state index is 0.175. The van der Waals surface area contributed by atoms with E-state index in [-0.39, 0.29) is 5.56 Å². The van der Waals surface area contributed by atoms with Crippen molar-refractivity contribution in [1.82, 2.24) is 0 Å². The Labute approximate surface area is 109 Å². The predicted octanol–water partition coefficient (Wildman–Crippen LogP) is 4.04. The van der Waals surface area contributed by atoms with Crippen molar-refractivity contribution >= 4 is 12.0 Å². The number of anilines is 1. The molecule has 0 radical (unpaired) electrons. The monoisotopic (exact) mass is 251 g/mol. The van der Waals surface area contributed by atoms with Crippen LogP contribution in [0.15, 0.2) is 18.2 Å². The molecule has 0 N–H and O–H groups in total. The van der Waals surface area contributed by atoms with Crippen LogP contribution in [0.1, 0.15) is 50.4 Å². The maximum Gasteiger partial charge on any atom is 0.155 e. The van der Waals surface area contributed by atoms with Gasteiger partial charge in [-0.2, -0.15) is 0 Å². The molecule has 100 valence electrons. The molecule has 0 aliphatic heterocycles. The molecule has 0 aromatic heterocycles. The van der Waals surface area contributed by atoms with Gasteiger partial charge in [0.2, 0.25) is 0 Å². The van der Waals surface area contributed by atoms with Gasteiger partial charge in [0.25, 0.3) is 0 Å². The quantitative estimate of drug-likeness (QED) is 0.681. The van der Waals surface area contributed by atoms with Gasteiger partial charge in [0.1, 0.15) is 5.82 Å². The molecule has 0 fully saturated rings. The largest absolute Gasteiger partial charge is 0.368 e. The van der Waals surface area contributed by atoms with Gasteiger partial charge in [-0.1, -0.05) is 26.3 Å². The fraction of sp³-hybridized carbons (Fsp3) is 0.533. The molecule has 0 heterocycles. The highest BCUT2D eigenvalue weighted by atomic mass is 19.1. The van der Waals surface area contributed by atoms with Gasteiger partial charge < -0.3 is 4.90 Å². The van der Waals surface area contributed by atoms with E-state index in [1.807, 2.05) is 6.07 Å². The molecule has 18 heavy (non-hydrogen) atoms. The summed E-state index contributed by atoms with van der Waals surface area (Å²) in [6.45, 7) is 7.19. The van der Waals surface area contributed by atoms with E-state index in [0.29, 0.717) is 18.0 Å². The van der Waals surface area contributed by atoms with Gasteiger partial charge in [0.15, 0.2) is 6.29 Å². The number of nitrogens with zero attached hydrogens (tertiary/aromatic N) is 1. The van der Waals surface area contributed by atoms with Crippen molar-refractivity contribution in [2.75, 3.05) is 11.4 Å². The summed E-state index contributed by atoms with van der Waals surface area (Å²) in [5.74, 6) is -0.438. The van der Waals surface area contributed by atoms with Crippen LogP contribution in [0.3, 0.4) is 0 Å². The summed E-state index contributed by atoms with van der Waals surface area (Å²) in [6, 6.07) is 5.13. The van der Waals surface area contributed by atoms with Crippen LogP contribution in [-0.4, -0.2) is 18.9 Å². The highest BCUT2D eigenvalue weighted by Crippen LogP contribution is 2.25. The van der Waals surface area contributed by atoms with Crippen molar-refractivity contribution in [3.63, 3.8) is 0 Å². The third kappa shape index (κ3) is 3.31. The van der Waals surface area contributed by atoms with Crippen LogP contribution in [0.4, 0.5) is 10.1 Å². The molecule has 0 amide bonds. The topological polar surface area (TPSA) is 20.3 Å². The minimum Gasteiger partial charge on any atom is -0.368 e. The number of halogens is 1. The van der Waals surface area contributed by atoms with Gasteiger partial charge in [0.05, 0.1) is 11.3 Å². The summed E-state index contributed by atoms with van der Waals surface area (Å²) in [5.41, 5.74) is 0.890. The number of carbonyl (C=O) groups excluding carboxylic acids is 1. The zero-order valence-corrected chi connectivity index (χ0v) is 11.4. The Bertz CT molecular complexity index is 392. The minimum atomic E-state index is -0.438. The van der Waals surface area contributed by atoms with Crippen LogP contribution in [0, 0.1) is 5.82 Å². The standard InChI is InChI=1S/C15H22FNO/c1-4-6-10-17(12(3)5-2)15-9-7-8-14(16)13(15)11-18/h7-9,11-12H,4-6,10H2,1-3H3. The Balaban J connectivity index is 3.11. The number of rotatable bonds is 7. The summed E-state index contributed by atoms with van der Waals surface area (Å²) in [6.07, 6.45) is 3.71. The molecule has 1 atom stereocenters. The fourth-order valence-corrected chi connectivity index (χ4v) is 2.02. The van der Waals surface area contributed by atoms with Gasteiger partial charge in [-0.3, -0.25) is 4.79 Å². The first-order valence-corrected chi connectivity index (χ1v) is 6.66. The van der Waals surface area contributed by atoms with Crippen molar-refractivity contribution in [2.24, 2.45) is 0 Å². The molecule has 2 nitrogen and oxygen atoms in total. The second-order valence-corrected chi connectivity index (χ2v) is 4.59. The zero-order valence-electron chi connectivity index (χ0n) is 11.4. The van der Waals surface area contributed by atoms with Crippen LogP contribution in [-0.2, 0) is 0 Å². The Morgan fingerprint density at radius 2 is 2.11 bits per heavy atom. The molecule has 1 aromatic rings. The predicted molar refractivity (Wildman–Crippen MR) is 73.8 cm³/mol. The molecular weight excluding hydrogens is 229 g/mol. The molecule has 0 saturated carbocycles. The van der Waals surface area contributed by atoms with Crippen LogP contribution >= 0.6 is 0 Å². The molecule has 0 saturated heterocycles. The SMILES string of the molecule is CCCCN(c1cccc(F)c1C=O)C(C)CC. The number of unbranched alkanes of at least 4 members (excludes halogenated alkanes) is 1. The summed E-state index contributed by atoms with van der Waals surface area (Å²) in [7, 11) is 0. The van der Waals surface area contributed by atoms with Crippen LogP contribution < -0.4 is 4.90 Å². The van der Waals surface area contributed by atoms with Gasteiger partial charge in [-0.05, 0) is 31.9 Å². The van der Waals surface area contributed by atoms with Crippen molar-refractivity contribution in [3.05, 3.63) is 29.6 Å². The van der Waals surface area contributed by atoms with Crippen molar-refractivity contribution in [2.45, 2.75) is 46.1 Å². The molecule has 1 rings (SSSR count). The lowest BCUT2D eigenvalue weighted by atomic mass is 10.1. The van der Waals surface area contributed by atoms with Crippen LogP contribution in [0.5, 0.6) is 0 Å². The van der Waals surface area contributed by atoms with E-state index < -0.39 is 5.82 Å². The van der Waals surface area contributed by atoms with Gasteiger partial charge in [0, 0.05) is 12.6 Å². The van der Waals surface area contributed by atoms with E-state index in [2.05, 4.69) is 25.7 Å². The van der Waals surface area contributed by atoms with E-state index in [9.17, 15) is 9.18 Å². The van der Waals surface area contributed by atoms with E-state index in [1.165, 1.54) is 6.07 Å². The van der Waals surface area contributed by atoms with Crippen molar-refractivity contribution in [3.8, 4) is 0 Å². The summed E-state index contributed by atoms with van der Waals surface area (Å²) >= 11 is 0. The number of carbonyl (C=O) groups is 1. The molecule has 0 aliphatic rings. The third-order valence-corrected chi connectivity index (χ3v) is 3.33. The number of hydrogen-bond acceptors (Lipinski definition) is 2. The summed E-state index contributed by atoms with van der Waals surface area (Å²) in [4.78, 5) is 13.2. The second-order valence-electron chi connectivity index (χ2n) is 4.59. The average molecular weight is 251 g/mol. The number of benzene rings is 1. The fourth-order valence-electron chi connectivity index (χ4n) is 2.02. The Morgan fingerprint density at radius 1 is 1.39 bits per heavy atom. The Morgan fingerprint density at radius 3 is 2.67 bits per heavy atom. The highest BCUT2D eigenvalue weighted by Gasteiger charge is 2.17. The van der Waals surface area contributed by atoms with Crippen LogP contribution in [0.2, 0.25) is 0 Å². The molecule has 0 spiro atoms.